The topological polar surface area (TPSA) is 108 Å². The molecule has 0 unspecified atom stereocenters. The molecule has 2 aromatic carbocycles. The van der Waals surface area contributed by atoms with Crippen LogP contribution in [0.3, 0.4) is 0 Å². The number of carbonyl (C=O) groups excluding carboxylic acids is 2. The maximum Gasteiger partial charge on any atom is 0.342 e. The van der Waals surface area contributed by atoms with Gasteiger partial charge in [0.1, 0.15) is 5.56 Å². The highest BCUT2D eigenvalue weighted by molar-refractivity contribution is 7.92. The van der Waals surface area contributed by atoms with E-state index in [1.165, 1.54) is 51.5 Å². The Bertz CT molecular complexity index is 968. The van der Waals surface area contributed by atoms with E-state index < -0.39 is 27.9 Å². The molecule has 9 heteroatoms. The number of ketones is 1. The summed E-state index contributed by atoms with van der Waals surface area (Å²) in [5, 5.41) is 0. The number of nitrogens with one attached hydrogen (secondary N) is 1. The minimum atomic E-state index is -3.41. The van der Waals surface area contributed by atoms with Gasteiger partial charge in [0.2, 0.25) is 15.8 Å². The number of methoxy groups -OCH3 is 2. The van der Waals surface area contributed by atoms with Crippen molar-refractivity contribution in [3.8, 4) is 11.5 Å². The molecular formula is C19H21NO7S. The zero-order chi connectivity index (χ0) is 20.9. The minimum absolute atomic E-state index is 0.134. The van der Waals surface area contributed by atoms with Crippen LogP contribution in [-0.4, -0.2) is 46.7 Å². The van der Waals surface area contributed by atoms with Gasteiger partial charge >= 0.3 is 5.97 Å². The summed E-state index contributed by atoms with van der Waals surface area (Å²) in [6.45, 7) is 1.45. The van der Waals surface area contributed by atoms with E-state index in [1.54, 1.807) is 12.1 Å². The van der Waals surface area contributed by atoms with Crippen LogP contribution in [0.25, 0.3) is 0 Å². The van der Waals surface area contributed by atoms with E-state index >= 15 is 0 Å². The molecule has 150 valence electrons. The number of para-hydroxylation sites is 1. The lowest BCUT2D eigenvalue weighted by Gasteiger charge is -2.15. The summed E-state index contributed by atoms with van der Waals surface area (Å²) in [6, 6.07) is 10.6. The number of rotatable bonds is 8. The van der Waals surface area contributed by atoms with Crippen LogP contribution in [0.2, 0.25) is 0 Å². The number of esters is 1. The molecule has 0 spiro atoms. The molecule has 0 aliphatic rings. The molecule has 0 amide bonds. The first-order valence-electron chi connectivity index (χ1n) is 8.20. The molecule has 0 radical (unpaired) electrons. The fraction of sp³-hybridized carbons (Fsp3) is 0.263. The van der Waals surface area contributed by atoms with Crippen LogP contribution in [0, 0.1) is 0 Å². The van der Waals surface area contributed by atoms with Crippen molar-refractivity contribution in [1.29, 1.82) is 0 Å². The number of sulfonamides is 1. The Morgan fingerprint density at radius 3 is 2.18 bits per heavy atom. The summed E-state index contributed by atoms with van der Waals surface area (Å²) < 4.78 is 40.4. The number of hydrogen-bond donors (Lipinski definition) is 1. The number of benzene rings is 2. The lowest BCUT2D eigenvalue weighted by Crippen LogP contribution is -2.24. The van der Waals surface area contributed by atoms with Crippen LogP contribution in [0.1, 0.15) is 27.6 Å². The van der Waals surface area contributed by atoms with Gasteiger partial charge in [0.05, 0.1) is 20.5 Å². The van der Waals surface area contributed by atoms with Gasteiger partial charge < -0.3 is 14.2 Å². The highest BCUT2D eigenvalue weighted by atomic mass is 32.2. The molecule has 0 saturated heterocycles. The van der Waals surface area contributed by atoms with Crippen molar-refractivity contribution in [2.24, 2.45) is 0 Å². The van der Waals surface area contributed by atoms with Crippen LogP contribution in [0.5, 0.6) is 11.5 Å². The smallest absolute Gasteiger partial charge is 0.342 e. The van der Waals surface area contributed by atoms with Gasteiger partial charge in [0, 0.05) is 11.3 Å². The second-order valence-electron chi connectivity index (χ2n) is 5.90. The van der Waals surface area contributed by atoms with Gasteiger partial charge in [0.15, 0.2) is 17.6 Å². The molecule has 2 rings (SSSR count). The summed E-state index contributed by atoms with van der Waals surface area (Å²) >= 11 is 0. The molecule has 0 aromatic heterocycles. The van der Waals surface area contributed by atoms with Crippen LogP contribution in [0.15, 0.2) is 42.5 Å². The lowest BCUT2D eigenvalue weighted by molar-refractivity contribution is 0.0315. The molecule has 8 nitrogen and oxygen atoms in total. The Balaban J connectivity index is 2.13. The van der Waals surface area contributed by atoms with Crippen LogP contribution < -0.4 is 14.2 Å². The van der Waals surface area contributed by atoms with E-state index in [9.17, 15) is 18.0 Å². The Morgan fingerprint density at radius 1 is 1.00 bits per heavy atom. The van der Waals surface area contributed by atoms with Crippen LogP contribution >= 0.6 is 0 Å². The Kier molecular flexibility index (Phi) is 6.63. The quantitative estimate of drug-likeness (QED) is 0.529. The summed E-state index contributed by atoms with van der Waals surface area (Å²) in [5.74, 6) is -0.580. The summed E-state index contributed by atoms with van der Waals surface area (Å²) in [5.41, 5.74) is 0.732. The maximum absolute atomic E-state index is 12.5. The number of hydrogen-bond acceptors (Lipinski definition) is 7. The first-order valence-corrected chi connectivity index (χ1v) is 10.1. The lowest BCUT2D eigenvalue weighted by atomic mass is 10.1. The van der Waals surface area contributed by atoms with Gasteiger partial charge in [-0.15, -0.1) is 0 Å². The predicted octanol–water partition coefficient (Wildman–Crippen LogP) is 2.50. The number of anilines is 1. The number of Topliss-reactive ketones (excluding diaryl/α,β-unsaturated/α-hetero) is 1. The highest BCUT2D eigenvalue weighted by Crippen LogP contribution is 2.31. The molecule has 0 bridgehead atoms. The molecule has 1 N–H and O–H groups in total. The van der Waals surface area contributed by atoms with Crippen LogP contribution in [-0.2, 0) is 14.8 Å². The van der Waals surface area contributed by atoms with Crippen molar-refractivity contribution in [2.45, 2.75) is 13.0 Å². The molecule has 2 aromatic rings. The van der Waals surface area contributed by atoms with Gasteiger partial charge in [-0.05, 0) is 43.3 Å². The van der Waals surface area contributed by atoms with E-state index in [-0.39, 0.29) is 16.9 Å². The van der Waals surface area contributed by atoms with Crippen molar-refractivity contribution in [3.05, 3.63) is 53.6 Å². The van der Waals surface area contributed by atoms with Crippen molar-refractivity contribution < 1.29 is 32.2 Å². The average Bonchev–Trinajstić information content (AvgIpc) is 2.65. The van der Waals surface area contributed by atoms with E-state index in [0.717, 1.165) is 6.26 Å². The largest absolute Gasteiger partial charge is 0.493 e. The summed E-state index contributed by atoms with van der Waals surface area (Å²) in [7, 11) is -0.568. The Morgan fingerprint density at radius 2 is 1.64 bits per heavy atom. The maximum atomic E-state index is 12.5. The third-order valence-electron chi connectivity index (χ3n) is 3.75. The predicted molar refractivity (Wildman–Crippen MR) is 104 cm³/mol. The Labute approximate surface area is 163 Å². The number of ether oxygens (including phenoxy) is 3. The zero-order valence-electron chi connectivity index (χ0n) is 15.9. The summed E-state index contributed by atoms with van der Waals surface area (Å²) in [4.78, 5) is 25.0. The monoisotopic (exact) mass is 407 g/mol. The molecule has 0 heterocycles. The molecular weight excluding hydrogens is 386 g/mol. The molecule has 0 saturated carbocycles. The van der Waals surface area contributed by atoms with E-state index in [0.29, 0.717) is 11.4 Å². The molecule has 0 aliphatic heterocycles. The van der Waals surface area contributed by atoms with Gasteiger partial charge in [0.25, 0.3) is 0 Å². The third kappa shape index (κ3) is 5.23. The second-order valence-corrected chi connectivity index (χ2v) is 7.65. The molecule has 28 heavy (non-hydrogen) atoms. The average molecular weight is 407 g/mol. The van der Waals surface area contributed by atoms with E-state index in [1.807, 2.05) is 0 Å². The minimum Gasteiger partial charge on any atom is -0.493 e. The van der Waals surface area contributed by atoms with Crippen molar-refractivity contribution in [3.63, 3.8) is 0 Å². The normalized spacial score (nSPS) is 12.0. The SMILES string of the molecule is COc1cccc(C(=O)O[C@H](C)C(=O)c2ccc(NS(C)(=O)=O)cc2)c1OC. The zero-order valence-corrected chi connectivity index (χ0v) is 16.7. The highest BCUT2D eigenvalue weighted by Gasteiger charge is 2.24. The van der Waals surface area contributed by atoms with Gasteiger partial charge in [-0.25, -0.2) is 13.2 Å². The van der Waals surface area contributed by atoms with Crippen molar-refractivity contribution >= 4 is 27.5 Å². The fourth-order valence-corrected chi connectivity index (χ4v) is 3.04. The van der Waals surface area contributed by atoms with Gasteiger partial charge in [-0.1, -0.05) is 6.07 Å². The van der Waals surface area contributed by atoms with Gasteiger partial charge in [-0.2, -0.15) is 0 Å². The summed E-state index contributed by atoms with van der Waals surface area (Å²) in [6.07, 6.45) is -0.0300. The van der Waals surface area contributed by atoms with Crippen molar-refractivity contribution in [2.75, 3.05) is 25.2 Å². The first kappa shape index (κ1) is 21.2. The van der Waals surface area contributed by atoms with E-state index in [2.05, 4.69) is 4.72 Å². The first-order chi connectivity index (χ1) is 13.2. The van der Waals surface area contributed by atoms with Crippen LogP contribution in [0.4, 0.5) is 5.69 Å². The fourth-order valence-electron chi connectivity index (χ4n) is 2.48. The molecule has 0 aliphatic carbocycles. The number of carbonyl (C=O) groups is 2. The van der Waals surface area contributed by atoms with Crippen molar-refractivity contribution in [1.82, 2.24) is 0 Å². The standard InChI is InChI=1S/C19H21NO7S/c1-12(17(21)13-8-10-14(11-9-13)20-28(4,23)24)27-19(22)15-6-5-7-16(25-2)18(15)26-3/h5-12,20H,1-4H3/t12-/m1/s1. The molecule has 1 atom stereocenters. The van der Waals surface area contributed by atoms with E-state index in [4.69, 9.17) is 14.2 Å². The second kappa shape index (κ2) is 8.75. The molecule has 0 fully saturated rings. The van der Waals surface area contributed by atoms with Gasteiger partial charge in [-0.3, -0.25) is 9.52 Å². The Hall–Kier alpha value is -3.07. The third-order valence-corrected chi connectivity index (χ3v) is 4.36.